The van der Waals surface area contributed by atoms with Gasteiger partial charge in [-0.25, -0.2) is 0 Å². The molecule has 0 aliphatic heterocycles. The SMILES string of the molecule is CC(=O)OCCCCCCCCCCCCCCC=CCCO. The summed E-state index contributed by atoms with van der Waals surface area (Å²) in [7, 11) is 0. The van der Waals surface area contributed by atoms with Crippen molar-refractivity contribution in [2.75, 3.05) is 13.2 Å². The third-order valence-electron chi connectivity index (χ3n) is 4.03. The quantitative estimate of drug-likeness (QED) is 0.216. The molecule has 3 nitrogen and oxygen atoms in total. The Morgan fingerprint density at radius 2 is 1.17 bits per heavy atom. The van der Waals surface area contributed by atoms with Gasteiger partial charge in [0.25, 0.3) is 0 Å². The van der Waals surface area contributed by atoms with E-state index in [4.69, 9.17) is 9.84 Å². The van der Waals surface area contributed by atoms with Crippen molar-refractivity contribution in [2.45, 2.75) is 96.8 Å². The van der Waals surface area contributed by atoms with E-state index in [9.17, 15) is 4.79 Å². The summed E-state index contributed by atoms with van der Waals surface area (Å²) >= 11 is 0. The molecule has 1 N–H and O–H groups in total. The van der Waals surface area contributed by atoms with Gasteiger partial charge in [-0.1, -0.05) is 76.4 Å². The Morgan fingerprint density at radius 1 is 0.739 bits per heavy atom. The number of rotatable bonds is 17. The maximum atomic E-state index is 10.6. The Morgan fingerprint density at radius 3 is 1.65 bits per heavy atom. The van der Waals surface area contributed by atoms with Gasteiger partial charge in [-0.15, -0.1) is 0 Å². The maximum absolute atomic E-state index is 10.6. The maximum Gasteiger partial charge on any atom is 0.302 e. The Labute approximate surface area is 143 Å². The van der Waals surface area contributed by atoms with Crippen molar-refractivity contribution in [3.63, 3.8) is 0 Å². The van der Waals surface area contributed by atoms with Crippen LogP contribution in [0.4, 0.5) is 0 Å². The lowest BCUT2D eigenvalue weighted by Gasteiger charge is -2.03. The summed E-state index contributed by atoms with van der Waals surface area (Å²) in [6.45, 7) is 2.33. The van der Waals surface area contributed by atoms with Gasteiger partial charge in [0.05, 0.1) is 6.61 Å². The van der Waals surface area contributed by atoms with Crippen LogP contribution in [0.15, 0.2) is 12.2 Å². The Hall–Kier alpha value is -0.830. The number of aliphatic hydroxyl groups excluding tert-OH is 1. The molecule has 0 rings (SSSR count). The first-order valence-corrected chi connectivity index (χ1v) is 9.66. The molecule has 0 fully saturated rings. The minimum Gasteiger partial charge on any atom is -0.466 e. The molecule has 0 aliphatic rings. The number of carbonyl (C=O) groups excluding carboxylic acids is 1. The van der Waals surface area contributed by atoms with Gasteiger partial charge in [0.2, 0.25) is 0 Å². The molecule has 0 heterocycles. The van der Waals surface area contributed by atoms with E-state index in [0.717, 1.165) is 19.3 Å². The molecule has 0 atom stereocenters. The molecular formula is C20H38O3. The van der Waals surface area contributed by atoms with Gasteiger partial charge in [0.1, 0.15) is 0 Å². The van der Waals surface area contributed by atoms with E-state index in [0.29, 0.717) is 6.61 Å². The van der Waals surface area contributed by atoms with Crippen LogP contribution in [0.5, 0.6) is 0 Å². The van der Waals surface area contributed by atoms with Crippen molar-refractivity contribution in [1.82, 2.24) is 0 Å². The van der Waals surface area contributed by atoms with Crippen molar-refractivity contribution >= 4 is 5.97 Å². The van der Waals surface area contributed by atoms with Crippen molar-refractivity contribution in [1.29, 1.82) is 0 Å². The average Bonchev–Trinajstić information content (AvgIpc) is 2.53. The van der Waals surface area contributed by atoms with Crippen molar-refractivity contribution in [3.05, 3.63) is 12.2 Å². The lowest BCUT2D eigenvalue weighted by molar-refractivity contribution is -0.141. The molecular weight excluding hydrogens is 288 g/mol. The molecule has 0 aromatic carbocycles. The molecule has 0 aromatic rings. The smallest absolute Gasteiger partial charge is 0.302 e. The first-order valence-electron chi connectivity index (χ1n) is 9.66. The third kappa shape index (κ3) is 21.2. The molecule has 0 aromatic heterocycles. The lowest BCUT2D eigenvalue weighted by Crippen LogP contribution is -2.00. The Kier molecular flexibility index (Phi) is 18.5. The summed E-state index contributed by atoms with van der Waals surface area (Å²) in [6.07, 6.45) is 21.9. The van der Waals surface area contributed by atoms with Gasteiger partial charge in [0, 0.05) is 13.5 Å². The zero-order chi connectivity index (χ0) is 17.0. The van der Waals surface area contributed by atoms with Gasteiger partial charge in [-0.05, 0) is 25.7 Å². The molecule has 0 amide bonds. The van der Waals surface area contributed by atoms with Crippen LogP contribution in [0.2, 0.25) is 0 Å². The molecule has 136 valence electrons. The number of hydrogen-bond acceptors (Lipinski definition) is 3. The van der Waals surface area contributed by atoms with E-state index in [-0.39, 0.29) is 12.6 Å². The monoisotopic (exact) mass is 326 g/mol. The van der Waals surface area contributed by atoms with E-state index in [1.807, 2.05) is 0 Å². The molecule has 0 unspecified atom stereocenters. The number of allylic oxidation sites excluding steroid dienone is 1. The summed E-state index contributed by atoms with van der Waals surface area (Å²) in [6, 6.07) is 0. The molecule has 0 saturated heterocycles. The van der Waals surface area contributed by atoms with E-state index in [1.165, 1.54) is 77.6 Å². The number of carbonyl (C=O) groups is 1. The number of aliphatic hydroxyl groups is 1. The normalized spacial score (nSPS) is 11.2. The highest BCUT2D eigenvalue weighted by atomic mass is 16.5. The minimum atomic E-state index is -0.164. The second-order valence-electron chi connectivity index (χ2n) is 6.36. The minimum absolute atomic E-state index is 0.164. The molecule has 0 radical (unpaired) electrons. The molecule has 0 saturated carbocycles. The molecule has 23 heavy (non-hydrogen) atoms. The van der Waals surface area contributed by atoms with E-state index in [1.54, 1.807) is 0 Å². The zero-order valence-corrected chi connectivity index (χ0v) is 15.2. The van der Waals surface area contributed by atoms with E-state index < -0.39 is 0 Å². The largest absolute Gasteiger partial charge is 0.466 e. The van der Waals surface area contributed by atoms with Gasteiger partial charge in [-0.2, -0.15) is 0 Å². The summed E-state index contributed by atoms with van der Waals surface area (Å²) in [5.41, 5.74) is 0. The highest BCUT2D eigenvalue weighted by Crippen LogP contribution is 2.12. The highest BCUT2D eigenvalue weighted by molar-refractivity contribution is 5.65. The summed E-state index contributed by atoms with van der Waals surface area (Å²) in [5, 5.41) is 8.64. The fraction of sp³-hybridized carbons (Fsp3) is 0.850. The van der Waals surface area contributed by atoms with Gasteiger partial charge in [-0.3, -0.25) is 4.79 Å². The Bertz CT molecular complexity index is 274. The number of hydrogen-bond donors (Lipinski definition) is 1. The molecule has 3 heteroatoms. The summed E-state index contributed by atoms with van der Waals surface area (Å²) in [5.74, 6) is -0.164. The van der Waals surface area contributed by atoms with Crippen LogP contribution < -0.4 is 0 Å². The van der Waals surface area contributed by atoms with Gasteiger partial charge in [0.15, 0.2) is 0 Å². The predicted octanol–water partition coefficient (Wildman–Crippen LogP) is 5.56. The first kappa shape index (κ1) is 22.2. The van der Waals surface area contributed by atoms with Crippen LogP contribution >= 0.6 is 0 Å². The first-order chi connectivity index (χ1) is 11.3. The van der Waals surface area contributed by atoms with Crippen molar-refractivity contribution in [3.8, 4) is 0 Å². The highest BCUT2D eigenvalue weighted by Gasteiger charge is 1.95. The fourth-order valence-corrected chi connectivity index (χ4v) is 2.66. The zero-order valence-electron chi connectivity index (χ0n) is 15.2. The topological polar surface area (TPSA) is 46.5 Å². The van der Waals surface area contributed by atoms with Gasteiger partial charge >= 0.3 is 5.97 Å². The summed E-state index contributed by atoms with van der Waals surface area (Å²) in [4.78, 5) is 10.6. The number of unbranched alkanes of at least 4 members (excludes halogenated alkanes) is 12. The van der Waals surface area contributed by atoms with Crippen LogP contribution in [0.3, 0.4) is 0 Å². The lowest BCUT2D eigenvalue weighted by atomic mass is 10.0. The van der Waals surface area contributed by atoms with Crippen LogP contribution in [0.25, 0.3) is 0 Å². The number of esters is 1. The number of ether oxygens (including phenoxy) is 1. The van der Waals surface area contributed by atoms with Crippen LogP contribution in [-0.4, -0.2) is 24.3 Å². The van der Waals surface area contributed by atoms with Crippen LogP contribution in [0.1, 0.15) is 96.8 Å². The predicted molar refractivity (Wildman–Crippen MR) is 97.5 cm³/mol. The van der Waals surface area contributed by atoms with Crippen molar-refractivity contribution < 1.29 is 14.6 Å². The second-order valence-corrected chi connectivity index (χ2v) is 6.36. The molecule has 0 aliphatic carbocycles. The Balaban J connectivity index is 3.01. The van der Waals surface area contributed by atoms with Gasteiger partial charge < -0.3 is 9.84 Å². The molecule has 0 bridgehead atoms. The van der Waals surface area contributed by atoms with Crippen molar-refractivity contribution in [2.24, 2.45) is 0 Å². The van der Waals surface area contributed by atoms with E-state index >= 15 is 0 Å². The average molecular weight is 327 g/mol. The second kappa shape index (κ2) is 19.2. The standard InChI is InChI=1S/C20H38O3/c1-20(22)23-19-17-15-13-11-9-7-5-3-2-4-6-8-10-12-14-16-18-21/h12,14,21H,2-11,13,15-19H2,1H3. The fourth-order valence-electron chi connectivity index (χ4n) is 2.66. The van der Waals surface area contributed by atoms with E-state index in [2.05, 4.69) is 12.2 Å². The van der Waals surface area contributed by atoms with Crippen LogP contribution in [0, 0.1) is 0 Å². The summed E-state index contributed by atoms with van der Waals surface area (Å²) < 4.78 is 4.91. The van der Waals surface area contributed by atoms with Crippen LogP contribution in [-0.2, 0) is 9.53 Å². The third-order valence-corrected chi connectivity index (χ3v) is 4.03. The molecule has 0 spiro atoms.